The first kappa shape index (κ1) is 22.9. The van der Waals surface area contributed by atoms with Crippen molar-refractivity contribution in [2.24, 2.45) is 17.8 Å². The lowest BCUT2D eigenvalue weighted by Crippen LogP contribution is -2.54. The summed E-state index contributed by atoms with van der Waals surface area (Å²) in [4.78, 5) is 24.2. The summed E-state index contributed by atoms with van der Waals surface area (Å²) in [5.74, 6) is 0.186. The summed E-state index contributed by atoms with van der Waals surface area (Å²) in [6, 6.07) is 0. The van der Waals surface area contributed by atoms with Crippen LogP contribution < -0.4 is 0 Å². The highest BCUT2D eigenvalue weighted by atomic mass is 17.3. The summed E-state index contributed by atoms with van der Waals surface area (Å²) < 4.78 is 0. The lowest BCUT2D eigenvalue weighted by atomic mass is 9.73. The van der Waals surface area contributed by atoms with Crippen LogP contribution in [0.5, 0.6) is 0 Å². The molecule has 0 spiro atoms. The SMILES string of the molecule is CCC(C)(CC)OOC1(OOC(C)(CC)CC)C(C)CC(C)CC1C. The predicted molar refractivity (Wildman–Crippen MR) is 102 cm³/mol. The van der Waals surface area contributed by atoms with E-state index in [1.165, 1.54) is 0 Å². The van der Waals surface area contributed by atoms with Gasteiger partial charge in [0.2, 0.25) is 5.79 Å². The molecule has 1 aliphatic carbocycles. The van der Waals surface area contributed by atoms with Crippen LogP contribution in [0.25, 0.3) is 0 Å². The molecule has 0 amide bonds. The monoisotopic (exact) mass is 358 g/mol. The van der Waals surface area contributed by atoms with E-state index in [0.29, 0.717) is 5.92 Å². The highest BCUT2D eigenvalue weighted by Crippen LogP contribution is 2.46. The maximum atomic E-state index is 6.13. The Kier molecular flexibility index (Phi) is 8.39. The minimum Gasteiger partial charge on any atom is -0.227 e. The van der Waals surface area contributed by atoms with Crippen LogP contribution in [0.15, 0.2) is 0 Å². The molecule has 0 aromatic heterocycles. The van der Waals surface area contributed by atoms with Crippen molar-refractivity contribution >= 4 is 0 Å². The predicted octanol–water partition coefficient (Wildman–Crippen LogP) is 6.44. The minimum atomic E-state index is -0.857. The van der Waals surface area contributed by atoms with Gasteiger partial charge in [0.15, 0.2) is 0 Å². The topological polar surface area (TPSA) is 36.9 Å². The summed E-state index contributed by atoms with van der Waals surface area (Å²) >= 11 is 0. The molecule has 0 aromatic carbocycles. The first-order chi connectivity index (χ1) is 11.6. The number of rotatable bonds is 10. The molecule has 1 saturated carbocycles. The van der Waals surface area contributed by atoms with Crippen LogP contribution in [0.1, 0.15) is 101 Å². The molecule has 0 aliphatic heterocycles. The Labute approximate surface area is 155 Å². The Hall–Kier alpha value is -0.160. The normalized spacial score (nSPS) is 27.5. The Balaban J connectivity index is 3.01. The zero-order chi connectivity index (χ0) is 19.3. The lowest BCUT2D eigenvalue weighted by Gasteiger charge is -2.48. The van der Waals surface area contributed by atoms with E-state index < -0.39 is 5.79 Å². The van der Waals surface area contributed by atoms with Crippen molar-refractivity contribution in [3.05, 3.63) is 0 Å². The molecule has 1 rings (SSSR count). The Bertz CT molecular complexity index is 351. The second-order valence-electron chi connectivity index (χ2n) is 8.75. The van der Waals surface area contributed by atoms with E-state index in [9.17, 15) is 0 Å². The molecule has 2 atom stereocenters. The van der Waals surface area contributed by atoms with Crippen molar-refractivity contribution in [1.29, 1.82) is 0 Å². The van der Waals surface area contributed by atoms with Gasteiger partial charge in [-0.15, -0.1) is 0 Å². The summed E-state index contributed by atoms with van der Waals surface area (Å²) in [5, 5.41) is 0. The van der Waals surface area contributed by atoms with Crippen molar-refractivity contribution < 1.29 is 19.6 Å². The van der Waals surface area contributed by atoms with Crippen LogP contribution >= 0.6 is 0 Å². The summed E-state index contributed by atoms with van der Waals surface area (Å²) in [6.07, 6.45) is 5.65. The molecule has 150 valence electrons. The molecular formula is C21H42O4. The first-order valence-corrected chi connectivity index (χ1v) is 10.3. The molecule has 25 heavy (non-hydrogen) atoms. The highest BCUT2D eigenvalue weighted by molar-refractivity contribution is 4.88. The van der Waals surface area contributed by atoms with Gasteiger partial charge in [0, 0.05) is 11.8 Å². The highest BCUT2D eigenvalue weighted by Gasteiger charge is 2.52. The molecular weight excluding hydrogens is 316 g/mol. The van der Waals surface area contributed by atoms with Crippen molar-refractivity contribution in [2.45, 2.75) is 118 Å². The van der Waals surface area contributed by atoms with Crippen molar-refractivity contribution in [3.8, 4) is 0 Å². The molecule has 2 unspecified atom stereocenters. The Morgan fingerprint density at radius 2 is 1.04 bits per heavy atom. The molecule has 1 fully saturated rings. The van der Waals surface area contributed by atoms with Gasteiger partial charge in [-0.2, -0.15) is 9.78 Å². The van der Waals surface area contributed by atoms with Crippen LogP contribution in [0.4, 0.5) is 0 Å². The second kappa shape index (κ2) is 9.16. The van der Waals surface area contributed by atoms with Gasteiger partial charge in [-0.25, -0.2) is 9.78 Å². The maximum absolute atomic E-state index is 6.13. The quantitative estimate of drug-likeness (QED) is 0.256. The Morgan fingerprint density at radius 1 is 0.720 bits per heavy atom. The number of hydrogen-bond donors (Lipinski definition) is 0. The van der Waals surface area contributed by atoms with Crippen LogP contribution in [0.3, 0.4) is 0 Å². The van der Waals surface area contributed by atoms with E-state index in [0.717, 1.165) is 38.5 Å². The molecule has 4 nitrogen and oxygen atoms in total. The van der Waals surface area contributed by atoms with E-state index in [-0.39, 0.29) is 23.0 Å². The van der Waals surface area contributed by atoms with Crippen LogP contribution in [-0.4, -0.2) is 17.0 Å². The van der Waals surface area contributed by atoms with Crippen molar-refractivity contribution in [3.63, 3.8) is 0 Å². The van der Waals surface area contributed by atoms with E-state index in [2.05, 4.69) is 62.3 Å². The molecule has 0 N–H and O–H groups in total. The summed E-state index contributed by atoms with van der Waals surface area (Å²) in [6.45, 7) is 19.3. The van der Waals surface area contributed by atoms with Gasteiger partial charge in [-0.3, -0.25) is 0 Å². The fourth-order valence-electron chi connectivity index (χ4n) is 3.53. The van der Waals surface area contributed by atoms with Crippen LogP contribution in [0, 0.1) is 17.8 Å². The molecule has 0 bridgehead atoms. The zero-order valence-corrected chi connectivity index (χ0v) is 18.1. The van der Waals surface area contributed by atoms with Crippen LogP contribution in [-0.2, 0) is 19.6 Å². The van der Waals surface area contributed by atoms with E-state index in [1.807, 2.05) is 0 Å². The second-order valence-corrected chi connectivity index (χ2v) is 8.75. The average molecular weight is 359 g/mol. The van der Waals surface area contributed by atoms with Crippen molar-refractivity contribution in [1.82, 2.24) is 0 Å². The molecule has 0 radical (unpaired) electrons. The molecule has 4 heteroatoms. The smallest absolute Gasteiger partial charge is 0.227 e. The van der Waals surface area contributed by atoms with Gasteiger partial charge in [-0.05, 0) is 58.3 Å². The van der Waals surface area contributed by atoms with Gasteiger partial charge < -0.3 is 0 Å². The standard InChI is InChI=1S/C21H42O4/c1-10-19(8,11-2)22-24-21(25-23-20(9,12-3)13-4)17(6)14-16(5)15-18(21)7/h16-18H,10-15H2,1-9H3. The lowest BCUT2D eigenvalue weighted by molar-refractivity contribution is -0.569. The van der Waals surface area contributed by atoms with E-state index >= 15 is 0 Å². The fraction of sp³-hybridized carbons (Fsp3) is 1.00. The Morgan fingerprint density at radius 3 is 1.32 bits per heavy atom. The molecule has 0 saturated heterocycles. The van der Waals surface area contributed by atoms with Gasteiger partial charge in [0.05, 0.1) is 0 Å². The van der Waals surface area contributed by atoms with Crippen LogP contribution in [0.2, 0.25) is 0 Å². The summed E-state index contributed by atoms with van der Waals surface area (Å²) in [7, 11) is 0. The minimum absolute atomic E-state index is 0.196. The largest absolute Gasteiger partial charge is 0.239 e. The van der Waals surface area contributed by atoms with E-state index in [1.54, 1.807) is 0 Å². The zero-order valence-electron chi connectivity index (χ0n) is 18.1. The molecule has 0 aromatic rings. The van der Waals surface area contributed by atoms with Gasteiger partial charge in [0.1, 0.15) is 11.2 Å². The number of hydrogen-bond acceptors (Lipinski definition) is 4. The third-order valence-electron chi connectivity index (χ3n) is 6.62. The average Bonchev–Trinajstić information content (AvgIpc) is 2.60. The van der Waals surface area contributed by atoms with Gasteiger partial charge >= 0.3 is 0 Å². The third kappa shape index (κ3) is 5.41. The van der Waals surface area contributed by atoms with Crippen molar-refractivity contribution in [2.75, 3.05) is 0 Å². The summed E-state index contributed by atoms with van der Waals surface area (Å²) in [5.41, 5.74) is -0.616. The first-order valence-electron chi connectivity index (χ1n) is 10.3. The van der Waals surface area contributed by atoms with E-state index in [4.69, 9.17) is 19.6 Å². The molecule has 1 aliphatic rings. The fourth-order valence-corrected chi connectivity index (χ4v) is 3.53. The van der Waals surface area contributed by atoms with Gasteiger partial charge in [0.25, 0.3) is 0 Å². The molecule has 0 heterocycles. The maximum Gasteiger partial charge on any atom is 0.239 e. The van der Waals surface area contributed by atoms with Gasteiger partial charge in [-0.1, -0.05) is 48.5 Å². The third-order valence-corrected chi connectivity index (χ3v) is 6.62.